The number of pyridine rings is 1. The van der Waals surface area contributed by atoms with Crippen LogP contribution in [0.25, 0.3) is 27.6 Å². The Bertz CT molecular complexity index is 3120. The van der Waals surface area contributed by atoms with Crippen LogP contribution in [-0.2, 0) is 48.1 Å². The molecule has 0 saturated heterocycles. The van der Waals surface area contributed by atoms with Crippen LogP contribution in [-0.4, -0.2) is 9.55 Å². The van der Waals surface area contributed by atoms with Gasteiger partial charge in [0.2, 0.25) is 0 Å². The number of anilines is 4. The first-order chi connectivity index (χ1) is 31.0. The quantitative estimate of drug-likeness (QED) is 0.149. The molecule has 9 rings (SSSR count). The Balaban J connectivity index is 0.00000342. The van der Waals surface area contributed by atoms with E-state index >= 15 is 0 Å². The maximum Gasteiger partial charge on any atom is 4.00 e. The van der Waals surface area contributed by atoms with Crippen LogP contribution in [0.4, 0.5) is 22.7 Å². The predicted octanol–water partition coefficient (Wildman–Crippen LogP) is 16.9. The van der Waals surface area contributed by atoms with Crippen LogP contribution in [0.3, 0.4) is 0 Å². The maximum atomic E-state index is 6.92. The number of ether oxygens (including phenoxy) is 1. The Hall–Kier alpha value is -5.64. The van der Waals surface area contributed by atoms with Gasteiger partial charge in [-0.1, -0.05) is 163 Å². The third kappa shape index (κ3) is 9.53. The van der Waals surface area contributed by atoms with Crippen molar-refractivity contribution in [3.05, 3.63) is 193 Å². The molecule has 1 aliphatic rings. The SMILES string of the molecule is CC(C)(C)c1cc(Oc2[c-]c3c(cc2)c2cc(C(C)(C)C)ccc2n3-c2cc(C(C)(C)C)ccn2)[c-]c(N2[CH-]N(c3cccc(C(C)(C)c4ccccc4)c3)c3cc(C(C)(C)C)ccc32)c1.[CH3-].[Pt+4]. The van der Waals surface area contributed by atoms with Crippen molar-refractivity contribution in [2.24, 2.45) is 0 Å². The smallest absolute Gasteiger partial charge is 0.509 e. The molecule has 0 radical (unpaired) electrons. The van der Waals surface area contributed by atoms with E-state index in [4.69, 9.17) is 9.72 Å². The minimum Gasteiger partial charge on any atom is -0.509 e. The van der Waals surface area contributed by atoms with E-state index in [1.807, 2.05) is 12.3 Å². The van der Waals surface area contributed by atoms with Crippen molar-refractivity contribution in [1.29, 1.82) is 0 Å². The molecule has 0 atom stereocenters. The number of hydrogen-bond donors (Lipinski definition) is 0. The monoisotopic (exact) mass is 1080 g/mol. The summed E-state index contributed by atoms with van der Waals surface area (Å²) in [6.07, 6.45) is 1.92. The minimum atomic E-state index is -0.190. The molecule has 0 N–H and O–H groups in total. The van der Waals surface area contributed by atoms with E-state index in [1.54, 1.807) is 0 Å². The molecule has 0 saturated carbocycles. The molecule has 5 nitrogen and oxygen atoms in total. The van der Waals surface area contributed by atoms with Crippen LogP contribution in [0.1, 0.15) is 130 Å². The molecular formula is C62H68N4OPt. The van der Waals surface area contributed by atoms with E-state index < -0.39 is 0 Å². The molecule has 8 aromatic rings. The van der Waals surface area contributed by atoms with Crippen LogP contribution in [0, 0.1) is 26.2 Å². The summed E-state index contributed by atoms with van der Waals surface area (Å²) in [5.41, 5.74) is 13.2. The number of hydrogen-bond acceptors (Lipinski definition) is 4. The van der Waals surface area contributed by atoms with Crippen molar-refractivity contribution in [3.63, 3.8) is 0 Å². The van der Waals surface area contributed by atoms with Gasteiger partial charge < -0.3 is 26.5 Å². The maximum absolute atomic E-state index is 6.92. The van der Waals surface area contributed by atoms with Gasteiger partial charge in [-0.15, -0.1) is 53.6 Å². The molecule has 6 aromatic carbocycles. The first kappa shape index (κ1) is 50.2. The van der Waals surface area contributed by atoms with Gasteiger partial charge in [-0.25, -0.2) is 4.98 Å². The molecule has 1 aliphatic heterocycles. The molecule has 0 amide bonds. The topological polar surface area (TPSA) is 33.5 Å². The van der Waals surface area contributed by atoms with E-state index in [1.165, 1.54) is 33.2 Å². The normalized spacial score (nSPS) is 13.4. The Kier molecular flexibility index (Phi) is 13.3. The fraction of sp³-hybridized carbons (Fsp3) is 0.306. The van der Waals surface area contributed by atoms with Gasteiger partial charge in [0.1, 0.15) is 5.82 Å². The molecule has 0 unspecified atom stereocenters. The summed E-state index contributed by atoms with van der Waals surface area (Å²) < 4.78 is 9.17. The third-order valence-electron chi connectivity index (χ3n) is 13.5. The largest absolute Gasteiger partial charge is 4.00 e. The molecule has 0 fully saturated rings. The second-order valence-electron chi connectivity index (χ2n) is 22.9. The van der Waals surface area contributed by atoms with Crippen molar-refractivity contribution in [3.8, 4) is 17.3 Å². The van der Waals surface area contributed by atoms with Crippen LogP contribution < -0.4 is 14.5 Å². The van der Waals surface area contributed by atoms with E-state index in [-0.39, 0.29) is 55.6 Å². The van der Waals surface area contributed by atoms with Crippen LogP contribution in [0.5, 0.6) is 11.5 Å². The van der Waals surface area contributed by atoms with Gasteiger partial charge in [-0.05, 0) is 97.3 Å². The van der Waals surface area contributed by atoms with Crippen molar-refractivity contribution >= 4 is 44.6 Å². The molecule has 6 heteroatoms. The number of benzene rings is 6. The molecule has 352 valence electrons. The van der Waals surface area contributed by atoms with Gasteiger partial charge in [0.15, 0.2) is 0 Å². The van der Waals surface area contributed by atoms with Crippen molar-refractivity contribution in [2.45, 2.75) is 124 Å². The van der Waals surface area contributed by atoms with Crippen molar-refractivity contribution in [1.82, 2.24) is 9.55 Å². The number of aromatic nitrogens is 2. The minimum absolute atomic E-state index is 0. The number of fused-ring (bicyclic) bond motifs is 4. The Labute approximate surface area is 421 Å². The van der Waals surface area contributed by atoms with E-state index in [0.29, 0.717) is 11.5 Å². The van der Waals surface area contributed by atoms with Crippen molar-refractivity contribution < 1.29 is 25.8 Å². The van der Waals surface area contributed by atoms with Gasteiger partial charge in [-0.3, -0.25) is 0 Å². The molecular weight excluding hydrogens is 1010 g/mol. The average Bonchev–Trinajstić information content (AvgIpc) is 3.81. The molecule has 2 aromatic heterocycles. The number of rotatable bonds is 7. The predicted molar refractivity (Wildman–Crippen MR) is 284 cm³/mol. The van der Waals surface area contributed by atoms with Gasteiger partial charge in [0.25, 0.3) is 0 Å². The molecule has 0 spiro atoms. The van der Waals surface area contributed by atoms with Gasteiger partial charge in [-0.2, -0.15) is 6.07 Å². The Morgan fingerprint density at radius 2 is 1.12 bits per heavy atom. The van der Waals surface area contributed by atoms with Crippen molar-refractivity contribution in [2.75, 3.05) is 9.80 Å². The summed E-state index contributed by atoms with van der Waals surface area (Å²) in [5, 5.41) is 2.28. The summed E-state index contributed by atoms with van der Waals surface area (Å²) in [4.78, 5) is 9.56. The zero-order valence-corrected chi connectivity index (χ0v) is 45.1. The molecule has 68 heavy (non-hydrogen) atoms. The fourth-order valence-corrected chi connectivity index (χ4v) is 9.05. The average molecular weight is 1080 g/mol. The summed E-state index contributed by atoms with van der Waals surface area (Å²) in [6.45, 7) is 33.9. The summed E-state index contributed by atoms with van der Waals surface area (Å²) in [6, 6.07) is 53.9. The van der Waals surface area contributed by atoms with E-state index in [0.717, 1.165) is 50.6 Å². The molecule has 0 bridgehead atoms. The zero-order chi connectivity index (χ0) is 47.1. The standard InChI is InChI=1S/C61H65N4O.CH3.Pt/c1-57(2,3)41-23-27-52-51(34-41)50-26-25-48(38-54(50)65(52)56-36-43(29-30-62-56)59(7,8)9)66-49-33-45(60(10,11)12)32-47(37-49)64-39-63(55-35-42(58(4,5)6)24-28-53(55)64)46-22-18-21-44(31-46)61(13,14)40-19-16-15-17-20-40;;/h15-36,39H,1-14H3;1H3;/q-3;-1;+4. The van der Waals surface area contributed by atoms with Crippen LogP contribution in [0.15, 0.2) is 134 Å². The first-order valence-corrected chi connectivity index (χ1v) is 23.4. The van der Waals surface area contributed by atoms with Gasteiger partial charge in [0, 0.05) is 45.7 Å². The summed E-state index contributed by atoms with van der Waals surface area (Å²) >= 11 is 0. The van der Waals surface area contributed by atoms with Crippen LogP contribution in [0.2, 0.25) is 0 Å². The van der Waals surface area contributed by atoms with E-state index in [2.05, 4.69) is 251 Å². The number of nitrogens with zero attached hydrogens (tertiary/aromatic N) is 4. The summed E-state index contributed by atoms with van der Waals surface area (Å²) in [7, 11) is 0. The van der Waals surface area contributed by atoms with E-state index in [9.17, 15) is 0 Å². The third-order valence-corrected chi connectivity index (χ3v) is 13.5. The Morgan fingerprint density at radius 1 is 0.485 bits per heavy atom. The zero-order valence-electron chi connectivity index (χ0n) is 42.8. The first-order valence-electron chi connectivity index (χ1n) is 23.4. The van der Waals surface area contributed by atoms with Gasteiger partial charge >= 0.3 is 21.1 Å². The van der Waals surface area contributed by atoms with Crippen LogP contribution >= 0.6 is 0 Å². The fourth-order valence-electron chi connectivity index (χ4n) is 9.05. The molecule has 3 heterocycles. The second kappa shape index (κ2) is 18.0. The molecule has 0 aliphatic carbocycles. The summed E-state index contributed by atoms with van der Waals surface area (Å²) in [5.74, 6) is 2.10. The second-order valence-corrected chi connectivity index (χ2v) is 22.9. The van der Waals surface area contributed by atoms with Gasteiger partial charge in [0.05, 0.1) is 0 Å². The Morgan fingerprint density at radius 3 is 1.79 bits per heavy atom.